The van der Waals surface area contributed by atoms with Crippen molar-refractivity contribution in [1.82, 2.24) is 5.32 Å². The number of halogens is 1. The van der Waals surface area contributed by atoms with E-state index in [0.29, 0.717) is 6.04 Å². The quantitative estimate of drug-likeness (QED) is 0.816. The fourth-order valence-corrected chi connectivity index (χ4v) is 3.07. The lowest BCUT2D eigenvalue weighted by molar-refractivity contribution is 0.352. The Morgan fingerprint density at radius 2 is 2.21 bits per heavy atom. The molecule has 0 radical (unpaired) electrons. The van der Waals surface area contributed by atoms with Gasteiger partial charge in [0.2, 0.25) is 0 Å². The van der Waals surface area contributed by atoms with E-state index in [-0.39, 0.29) is 0 Å². The number of hydrogen-bond acceptors (Lipinski definition) is 2. The molecule has 0 saturated heterocycles. The molecule has 1 aliphatic rings. The van der Waals surface area contributed by atoms with Gasteiger partial charge in [0.05, 0.1) is 6.61 Å². The maximum Gasteiger partial charge on any atom is 0.125 e. The Morgan fingerprint density at radius 3 is 2.95 bits per heavy atom. The van der Waals surface area contributed by atoms with Gasteiger partial charge in [-0.3, -0.25) is 0 Å². The molecular formula is C16H24ClNO. The Hall–Kier alpha value is -0.730. The number of aryl methyl sites for hydroxylation is 1. The van der Waals surface area contributed by atoms with E-state index in [9.17, 15) is 0 Å². The Balaban J connectivity index is 1.93. The summed E-state index contributed by atoms with van der Waals surface area (Å²) in [6.45, 7) is 6.26. The van der Waals surface area contributed by atoms with Crippen LogP contribution in [0.15, 0.2) is 12.1 Å². The van der Waals surface area contributed by atoms with Gasteiger partial charge < -0.3 is 10.1 Å². The van der Waals surface area contributed by atoms with Crippen LogP contribution in [0.25, 0.3) is 0 Å². The summed E-state index contributed by atoms with van der Waals surface area (Å²) < 4.78 is 5.74. The zero-order valence-corrected chi connectivity index (χ0v) is 12.7. The molecule has 1 heterocycles. The fourth-order valence-electron chi connectivity index (χ4n) is 2.81. The summed E-state index contributed by atoms with van der Waals surface area (Å²) in [7, 11) is 0. The summed E-state index contributed by atoms with van der Waals surface area (Å²) >= 11 is 6.18. The van der Waals surface area contributed by atoms with Crippen LogP contribution >= 0.6 is 11.6 Å². The first kappa shape index (κ1) is 14.7. The smallest absolute Gasteiger partial charge is 0.125 e. The molecule has 0 aromatic heterocycles. The molecule has 0 saturated carbocycles. The van der Waals surface area contributed by atoms with Gasteiger partial charge in [0.15, 0.2) is 0 Å². The second-order valence-corrected chi connectivity index (χ2v) is 5.64. The van der Waals surface area contributed by atoms with Crippen molar-refractivity contribution < 1.29 is 4.74 Å². The van der Waals surface area contributed by atoms with Crippen molar-refractivity contribution in [2.75, 3.05) is 13.2 Å². The molecule has 1 atom stereocenters. The predicted molar refractivity (Wildman–Crippen MR) is 81.3 cm³/mol. The van der Waals surface area contributed by atoms with E-state index in [1.54, 1.807) is 0 Å². The lowest BCUT2D eigenvalue weighted by Crippen LogP contribution is -2.28. The summed E-state index contributed by atoms with van der Waals surface area (Å²) in [5, 5.41) is 4.37. The summed E-state index contributed by atoms with van der Waals surface area (Å²) in [4.78, 5) is 0. The predicted octanol–water partition coefficient (Wildman–Crippen LogP) is 3.99. The van der Waals surface area contributed by atoms with Gasteiger partial charge in [-0.05, 0) is 55.5 Å². The SMILES string of the molecule is CCNC(CC)CCCc1cc(Cl)cc2c1OCC2. The lowest BCUT2D eigenvalue weighted by Gasteiger charge is -2.16. The number of rotatable bonds is 7. The van der Waals surface area contributed by atoms with Crippen LogP contribution in [0.4, 0.5) is 0 Å². The second-order valence-electron chi connectivity index (χ2n) is 5.21. The molecule has 0 aliphatic carbocycles. The average molecular weight is 282 g/mol. The van der Waals surface area contributed by atoms with Gasteiger partial charge in [0.1, 0.15) is 5.75 Å². The van der Waals surface area contributed by atoms with Gasteiger partial charge >= 0.3 is 0 Å². The van der Waals surface area contributed by atoms with Crippen molar-refractivity contribution in [3.8, 4) is 5.75 Å². The molecule has 0 fully saturated rings. The Bertz CT molecular complexity index is 419. The molecule has 1 N–H and O–H groups in total. The molecular weight excluding hydrogens is 258 g/mol. The molecule has 106 valence electrons. The number of ether oxygens (including phenoxy) is 1. The molecule has 2 rings (SSSR count). The molecule has 0 amide bonds. The topological polar surface area (TPSA) is 21.3 Å². The van der Waals surface area contributed by atoms with Crippen molar-refractivity contribution in [3.63, 3.8) is 0 Å². The molecule has 1 aliphatic heterocycles. The van der Waals surface area contributed by atoms with E-state index in [2.05, 4.69) is 25.2 Å². The number of hydrogen-bond donors (Lipinski definition) is 1. The van der Waals surface area contributed by atoms with Crippen LogP contribution in [-0.2, 0) is 12.8 Å². The minimum Gasteiger partial charge on any atom is -0.493 e. The molecule has 0 bridgehead atoms. The minimum absolute atomic E-state index is 0.637. The minimum atomic E-state index is 0.637. The van der Waals surface area contributed by atoms with Crippen LogP contribution in [-0.4, -0.2) is 19.2 Å². The normalized spacial score (nSPS) is 15.1. The van der Waals surface area contributed by atoms with Crippen LogP contribution < -0.4 is 10.1 Å². The van der Waals surface area contributed by atoms with E-state index in [4.69, 9.17) is 16.3 Å². The molecule has 3 heteroatoms. The van der Waals surface area contributed by atoms with Crippen molar-refractivity contribution in [2.45, 2.75) is 52.0 Å². The highest BCUT2D eigenvalue weighted by atomic mass is 35.5. The van der Waals surface area contributed by atoms with Gasteiger partial charge in [-0.1, -0.05) is 25.4 Å². The van der Waals surface area contributed by atoms with Crippen LogP contribution in [0.3, 0.4) is 0 Å². The highest BCUT2D eigenvalue weighted by Crippen LogP contribution is 2.33. The highest BCUT2D eigenvalue weighted by molar-refractivity contribution is 6.30. The number of benzene rings is 1. The van der Waals surface area contributed by atoms with Gasteiger partial charge in [-0.25, -0.2) is 0 Å². The summed E-state index contributed by atoms with van der Waals surface area (Å²) in [6.07, 6.45) is 5.65. The highest BCUT2D eigenvalue weighted by Gasteiger charge is 2.17. The molecule has 19 heavy (non-hydrogen) atoms. The van der Waals surface area contributed by atoms with E-state index in [1.165, 1.54) is 30.4 Å². The van der Waals surface area contributed by atoms with Crippen molar-refractivity contribution in [1.29, 1.82) is 0 Å². The summed E-state index contributed by atoms with van der Waals surface area (Å²) in [5.41, 5.74) is 2.56. The Labute approximate surface area is 121 Å². The van der Waals surface area contributed by atoms with E-state index in [1.807, 2.05) is 6.07 Å². The van der Waals surface area contributed by atoms with Crippen molar-refractivity contribution in [2.24, 2.45) is 0 Å². The van der Waals surface area contributed by atoms with Crippen LogP contribution in [0.5, 0.6) is 5.75 Å². The lowest BCUT2D eigenvalue weighted by atomic mass is 10.0. The summed E-state index contributed by atoms with van der Waals surface area (Å²) in [6, 6.07) is 4.75. The molecule has 1 aromatic carbocycles. The van der Waals surface area contributed by atoms with Gasteiger partial charge in [-0.2, -0.15) is 0 Å². The van der Waals surface area contributed by atoms with Crippen molar-refractivity contribution in [3.05, 3.63) is 28.3 Å². The largest absolute Gasteiger partial charge is 0.493 e. The van der Waals surface area contributed by atoms with Crippen LogP contribution in [0, 0.1) is 0 Å². The maximum atomic E-state index is 6.18. The third kappa shape index (κ3) is 3.87. The van der Waals surface area contributed by atoms with Crippen LogP contribution in [0.2, 0.25) is 5.02 Å². The molecule has 1 aromatic rings. The first-order chi connectivity index (χ1) is 9.24. The molecule has 1 unspecified atom stereocenters. The Morgan fingerprint density at radius 1 is 1.37 bits per heavy atom. The maximum absolute atomic E-state index is 6.18. The van der Waals surface area contributed by atoms with Crippen molar-refractivity contribution >= 4 is 11.6 Å². The number of fused-ring (bicyclic) bond motifs is 1. The molecule has 2 nitrogen and oxygen atoms in total. The number of nitrogens with one attached hydrogen (secondary N) is 1. The zero-order valence-electron chi connectivity index (χ0n) is 12.0. The second kappa shape index (κ2) is 7.16. The average Bonchev–Trinajstić information content (AvgIpc) is 2.85. The molecule has 0 spiro atoms. The summed E-state index contributed by atoms with van der Waals surface area (Å²) in [5.74, 6) is 1.10. The van der Waals surface area contributed by atoms with Gasteiger partial charge in [0.25, 0.3) is 0 Å². The van der Waals surface area contributed by atoms with Gasteiger partial charge in [-0.15, -0.1) is 0 Å². The van der Waals surface area contributed by atoms with Crippen LogP contribution in [0.1, 0.15) is 44.2 Å². The Kier molecular flexibility index (Phi) is 5.53. The zero-order chi connectivity index (χ0) is 13.7. The van der Waals surface area contributed by atoms with E-state index in [0.717, 1.165) is 36.8 Å². The third-order valence-electron chi connectivity index (χ3n) is 3.81. The van der Waals surface area contributed by atoms with Gasteiger partial charge in [0, 0.05) is 17.5 Å². The first-order valence-electron chi connectivity index (χ1n) is 7.42. The first-order valence-corrected chi connectivity index (χ1v) is 7.79. The fraction of sp³-hybridized carbons (Fsp3) is 0.625. The van der Waals surface area contributed by atoms with E-state index < -0.39 is 0 Å². The monoisotopic (exact) mass is 281 g/mol. The third-order valence-corrected chi connectivity index (χ3v) is 4.03. The van der Waals surface area contributed by atoms with E-state index >= 15 is 0 Å². The standard InChI is InChI=1S/C16H24ClNO/c1-3-15(18-4-2)7-5-6-12-10-14(17)11-13-8-9-19-16(12)13/h10-11,15,18H,3-9H2,1-2H3.